The number of aliphatic hydroxyl groups is 1. The Kier molecular flexibility index (Phi) is 5.80. The van der Waals surface area contributed by atoms with Crippen LogP contribution in [0.15, 0.2) is 23.1 Å². The third kappa shape index (κ3) is 5.31. The van der Waals surface area contributed by atoms with Gasteiger partial charge in [-0.2, -0.15) is 13.2 Å². The summed E-state index contributed by atoms with van der Waals surface area (Å²) in [5.41, 5.74) is -3.56. The van der Waals surface area contributed by atoms with Crippen LogP contribution in [-0.4, -0.2) is 41.2 Å². The topological polar surface area (TPSA) is 52.6 Å². The quantitative estimate of drug-likeness (QED) is 0.813. The van der Waals surface area contributed by atoms with E-state index in [1.807, 2.05) is 0 Å². The van der Waals surface area contributed by atoms with Gasteiger partial charge >= 0.3 is 11.5 Å². The van der Waals surface area contributed by atoms with Crippen molar-refractivity contribution in [1.82, 2.24) is 4.90 Å². The number of aliphatic hydroxyl groups excluding tert-OH is 1. The molecule has 1 aromatic carbocycles. The molecule has 1 aliphatic rings. The highest BCUT2D eigenvalue weighted by Crippen LogP contribution is 2.41. The van der Waals surface area contributed by atoms with Crippen LogP contribution in [0.5, 0.6) is 0 Å². The van der Waals surface area contributed by atoms with Crippen LogP contribution in [0.4, 0.5) is 23.7 Å². The summed E-state index contributed by atoms with van der Waals surface area (Å²) in [5.74, 6) is 0.243. The summed E-state index contributed by atoms with van der Waals surface area (Å²) in [5, 5.41) is 11.5. The number of nitrogens with one attached hydrogen (secondary N) is 1. The number of carbonyl (C=O) groups is 1. The third-order valence-corrected chi connectivity index (χ3v) is 4.50. The van der Waals surface area contributed by atoms with E-state index in [1.165, 1.54) is 12.1 Å². The molecule has 4 nitrogen and oxygen atoms in total. The molecule has 1 fully saturated rings. The van der Waals surface area contributed by atoms with E-state index in [1.54, 1.807) is 17.9 Å². The van der Waals surface area contributed by atoms with E-state index in [-0.39, 0.29) is 34.9 Å². The van der Waals surface area contributed by atoms with Crippen molar-refractivity contribution in [1.29, 1.82) is 0 Å². The molecular formula is C15H19F3N2O2S. The van der Waals surface area contributed by atoms with Crippen LogP contribution in [0.3, 0.4) is 0 Å². The normalized spacial score (nSPS) is 18.3. The van der Waals surface area contributed by atoms with Gasteiger partial charge in [0.15, 0.2) is 0 Å². The summed E-state index contributed by atoms with van der Waals surface area (Å²) in [6.45, 7) is 2.83. The molecule has 2 N–H and O–H groups in total. The highest BCUT2D eigenvalue weighted by molar-refractivity contribution is 8.00. The van der Waals surface area contributed by atoms with Gasteiger partial charge in [-0.1, -0.05) is 6.07 Å². The van der Waals surface area contributed by atoms with E-state index >= 15 is 0 Å². The fourth-order valence-electron chi connectivity index (χ4n) is 2.57. The minimum atomic E-state index is -4.41. The lowest BCUT2D eigenvalue weighted by Crippen LogP contribution is -2.33. The third-order valence-electron chi connectivity index (χ3n) is 3.71. The molecule has 1 aromatic rings. The highest BCUT2D eigenvalue weighted by Gasteiger charge is 2.31. The molecule has 1 atom stereocenters. The highest BCUT2D eigenvalue weighted by atomic mass is 32.2. The van der Waals surface area contributed by atoms with E-state index in [0.717, 1.165) is 6.42 Å². The van der Waals surface area contributed by atoms with Gasteiger partial charge < -0.3 is 15.3 Å². The predicted octanol–water partition coefficient (Wildman–Crippen LogP) is 3.84. The van der Waals surface area contributed by atoms with Gasteiger partial charge in [0.25, 0.3) is 0 Å². The molecule has 8 heteroatoms. The molecule has 0 aliphatic carbocycles. The molecule has 0 bridgehead atoms. The van der Waals surface area contributed by atoms with Crippen LogP contribution >= 0.6 is 11.8 Å². The number of likely N-dealkylation sites (tertiary alicyclic amines) is 1. The number of hydrogen-bond acceptors (Lipinski definition) is 3. The fourth-order valence-corrected chi connectivity index (χ4v) is 3.29. The number of rotatable bonds is 4. The molecule has 1 heterocycles. The lowest BCUT2D eigenvalue weighted by atomic mass is 10.1. The minimum Gasteiger partial charge on any atom is -0.396 e. The van der Waals surface area contributed by atoms with Crippen molar-refractivity contribution in [2.45, 2.75) is 30.2 Å². The van der Waals surface area contributed by atoms with Crippen molar-refractivity contribution in [3.05, 3.63) is 23.8 Å². The monoisotopic (exact) mass is 348 g/mol. The SMILES string of the molecule is Cc1ccc(NC(=O)N2CCC(CCO)C2)c(SC(F)(F)F)c1. The Morgan fingerprint density at radius 3 is 2.87 bits per heavy atom. The Bertz CT molecular complexity index is 566. The van der Waals surface area contributed by atoms with E-state index < -0.39 is 11.5 Å². The second-order valence-corrected chi connectivity index (χ2v) is 6.70. The van der Waals surface area contributed by atoms with Crippen molar-refractivity contribution in [3.8, 4) is 0 Å². The van der Waals surface area contributed by atoms with Crippen molar-refractivity contribution in [2.24, 2.45) is 5.92 Å². The zero-order valence-corrected chi connectivity index (χ0v) is 13.5. The number of alkyl halides is 3. The number of anilines is 1. The first kappa shape index (κ1) is 17.9. The summed E-state index contributed by atoms with van der Waals surface area (Å²) in [6, 6.07) is 4.15. The second kappa shape index (κ2) is 7.44. The molecule has 1 saturated heterocycles. The average molecular weight is 348 g/mol. The van der Waals surface area contributed by atoms with Crippen LogP contribution in [0.25, 0.3) is 0 Å². The molecule has 0 spiro atoms. The number of hydrogen-bond donors (Lipinski definition) is 2. The van der Waals surface area contributed by atoms with Crippen LogP contribution in [0, 0.1) is 12.8 Å². The summed E-state index contributed by atoms with van der Waals surface area (Å²) >= 11 is -0.232. The molecule has 0 aromatic heterocycles. The summed E-state index contributed by atoms with van der Waals surface area (Å²) in [4.78, 5) is 13.8. The van der Waals surface area contributed by atoms with Crippen molar-refractivity contribution >= 4 is 23.5 Å². The van der Waals surface area contributed by atoms with Gasteiger partial charge in [-0.15, -0.1) is 0 Å². The Labute approximate surface area is 137 Å². The number of urea groups is 1. The molecule has 23 heavy (non-hydrogen) atoms. The summed E-state index contributed by atoms with van der Waals surface area (Å²) in [6.07, 6.45) is 1.43. The number of benzene rings is 1. The van der Waals surface area contributed by atoms with Gasteiger partial charge in [0, 0.05) is 24.6 Å². The first-order valence-electron chi connectivity index (χ1n) is 7.31. The Morgan fingerprint density at radius 2 is 2.22 bits per heavy atom. The zero-order chi connectivity index (χ0) is 17.0. The predicted molar refractivity (Wildman–Crippen MR) is 83.5 cm³/mol. The smallest absolute Gasteiger partial charge is 0.396 e. The number of amides is 2. The number of halogens is 3. The largest absolute Gasteiger partial charge is 0.446 e. The standard InChI is InChI=1S/C15H19F3N2O2S/c1-10-2-3-12(13(8-10)23-15(16,17)18)19-14(22)20-6-4-11(9-20)5-7-21/h2-3,8,11,21H,4-7,9H2,1H3,(H,19,22). The van der Waals surface area contributed by atoms with Crippen LogP contribution < -0.4 is 5.32 Å². The average Bonchev–Trinajstić information content (AvgIpc) is 2.89. The molecule has 2 amide bonds. The van der Waals surface area contributed by atoms with Gasteiger partial charge in [0.05, 0.1) is 5.69 Å². The lowest BCUT2D eigenvalue weighted by Gasteiger charge is -2.19. The van der Waals surface area contributed by atoms with Crippen LogP contribution in [0.2, 0.25) is 0 Å². The zero-order valence-electron chi connectivity index (χ0n) is 12.7. The molecule has 128 valence electrons. The molecule has 0 saturated carbocycles. The van der Waals surface area contributed by atoms with Crippen molar-refractivity contribution in [2.75, 3.05) is 25.0 Å². The molecular weight excluding hydrogens is 329 g/mol. The molecule has 0 radical (unpaired) electrons. The fraction of sp³-hybridized carbons (Fsp3) is 0.533. The van der Waals surface area contributed by atoms with Gasteiger partial charge in [0.1, 0.15) is 0 Å². The van der Waals surface area contributed by atoms with Gasteiger partial charge in [0.2, 0.25) is 0 Å². The molecule has 2 rings (SSSR count). The van der Waals surface area contributed by atoms with Gasteiger partial charge in [-0.3, -0.25) is 0 Å². The number of carbonyl (C=O) groups excluding carboxylic acids is 1. The Morgan fingerprint density at radius 1 is 1.48 bits per heavy atom. The molecule has 1 unspecified atom stereocenters. The first-order chi connectivity index (χ1) is 10.8. The van der Waals surface area contributed by atoms with E-state index in [2.05, 4.69) is 5.32 Å². The Hall–Kier alpha value is -1.41. The maximum absolute atomic E-state index is 12.6. The van der Waals surface area contributed by atoms with Crippen LogP contribution in [-0.2, 0) is 0 Å². The maximum Gasteiger partial charge on any atom is 0.446 e. The minimum absolute atomic E-state index is 0.0167. The van der Waals surface area contributed by atoms with E-state index in [4.69, 9.17) is 5.11 Å². The summed E-state index contributed by atoms with van der Waals surface area (Å²) < 4.78 is 37.9. The van der Waals surface area contributed by atoms with Crippen molar-refractivity contribution < 1.29 is 23.1 Å². The molecule has 1 aliphatic heterocycles. The van der Waals surface area contributed by atoms with Crippen molar-refractivity contribution in [3.63, 3.8) is 0 Å². The second-order valence-electron chi connectivity index (χ2n) is 5.59. The Balaban J connectivity index is 2.06. The lowest BCUT2D eigenvalue weighted by molar-refractivity contribution is -0.0328. The van der Waals surface area contributed by atoms with Crippen LogP contribution in [0.1, 0.15) is 18.4 Å². The number of nitrogens with zero attached hydrogens (tertiary/aromatic N) is 1. The van der Waals surface area contributed by atoms with Gasteiger partial charge in [-0.25, -0.2) is 4.79 Å². The van der Waals surface area contributed by atoms with Gasteiger partial charge in [-0.05, 0) is 55.1 Å². The first-order valence-corrected chi connectivity index (χ1v) is 8.13. The summed E-state index contributed by atoms with van der Waals surface area (Å²) in [7, 11) is 0. The number of aryl methyl sites for hydroxylation is 1. The number of thioether (sulfide) groups is 1. The maximum atomic E-state index is 12.6. The van der Waals surface area contributed by atoms with E-state index in [9.17, 15) is 18.0 Å². The van der Waals surface area contributed by atoms with E-state index in [0.29, 0.717) is 25.1 Å².